The quantitative estimate of drug-likeness (QED) is 0.593. The summed E-state index contributed by atoms with van der Waals surface area (Å²) in [6.07, 6.45) is 1.49. The van der Waals surface area contributed by atoms with E-state index in [-0.39, 0.29) is 11.4 Å². The van der Waals surface area contributed by atoms with E-state index in [1.54, 1.807) is 30.3 Å². The van der Waals surface area contributed by atoms with Crippen LogP contribution in [0.1, 0.15) is 12.5 Å². The van der Waals surface area contributed by atoms with Crippen molar-refractivity contribution in [1.29, 1.82) is 0 Å². The third-order valence-corrected chi connectivity index (χ3v) is 3.93. The van der Waals surface area contributed by atoms with Crippen LogP contribution in [-0.2, 0) is 9.59 Å². The van der Waals surface area contributed by atoms with Crippen LogP contribution in [-0.4, -0.2) is 35.9 Å². The molecule has 2 N–H and O–H groups in total. The smallest absolute Gasteiger partial charge is 0.329 e. The van der Waals surface area contributed by atoms with Crippen LogP contribution in [0, 0.1) is 5.82 Å². The molecular formula is C20H18FN3O4. The van der Waals surface area contributed by atoms with Gasteiger partial charge in [-0.05, 0) is 31.2 Å². The number of hydrogen-bond donors (Lipinski definition) is 2. The normalized spacial score (nSPS) is 14.9. The number of para-hydroxylation sites is 2. The number of halogens is 1. The molecule has 3 rings (SSSR count). The van der Waals surface area contributed by atoms with E-state index in [9.17, 15) is 18.8 Å². The minimum absolute atomic E-state index is 0.0239. The summed E-state index contributed by atoms with van der Waals surface area (Å²) in [5, 5.41) is 4.78. The van der Waals surface area contributed by atoms with E-state index < -0.39 is 30.2 Å². The summed E-state index contributed by atoms with van der Waals surface area (Å²) in [6, 6.07) is 11.9. The Bertz CT molecular complexity index is 958. The van der Waals surface area contributed by atoms with Gasteiger partial charge in [-0.1, -0.05) is 30.3 Å². The van der Waals surface area contributed by atoms with Crippen LogP contribution >= 0.6 is 0 Å². The van der Waals surface area contributed by atoms with Gasteiger partial charge in [0.15, 0.2) is 0 Å². The van der Waals surface area contributed by atoms with Gasteiger partial charge in [-0.2, -0.15) is 0 Å². The van der Waals surface area contributed by atoms with E-state index in [1.165, 1.54) is 24.3 Å². The lowest BCUT2D eigenvalue weighted by Gasteiger charge is -2.12. The maximum absolute atomic E-state index is 13.6. The molecule has 8 heteroatoms. The molecule has 1 fully saturated rings. The van der Waals surface area contributed by atoms with Crippen LogP contribution < -0.4 is 15.4 Å². The maximum atomic E-state index is 13.6. The van der Waals surface area contributed by atoms with Crippen molar-refractivity contribution < 1.29 is 23.5 Å². The number of ether oxygens (including phenoxy) is 1. The first-order chi connectivity index (χ1) is 13.5. The zero-order valence-corrected chi connectivity index (χ0v) is 15.1. The summed E-state index contributed by atoms with van der Waals surface area (Å²) < 4.78 is 19.1. The number of carbonyl (C=O) groups is 3. The van der Waals surface area contributed by atoms with E-state index in [0.717, 1.165) is 4.90 Å². The molecule has 1 saturated heterocycles. The van der Waals surface area contributed by atoms with Crippen molar-refractivity contribution in [1.82, 2.24) is 10.2 Å². The second-order valence-corrected chi connectivity index (χ2v) is 5.88. The highest BCUT2D eigenvalue weighted by Crippen LogP contribution is 2.22. The minimum Gasteiger partial charge on any atom is -0.493 e. The number of carbonyl (C=O) groups excluding carboxylic acids is 3. The van der Waals surface area contributed by atoms with Gasteiger partial charge in [0.05, 0.1) is 12.3 Å². The number of anilines is 1. The second kappa shape index (κ2) is 8.34. The molecule has 0 radical (unpaired) electrons. The van der Waals surface area contributed by atoms with Crippen molar-refractivity contribution in [2.24, 2.45) is 0 Å². The van der Waals surface area contributed by atoms with Gasteiger partial charge in [0, 0.05) is 5.56 Å². The molecule has 0 unspecified atom stereocenters. The summed E-state index contributed by atoms with van der Waals surface area (Å²) in [5.41, 5.74) is 0.613. The van der Waals surface area contributed by atoms with Crippen molar-refractivity contribution in [2.45, 2.75) is 6.92 Å². The molecule has 2 aromatic rings. The summed E-state index contributed by atoms with van der Waals surface area (Å²) in [6.45, 7) is 1.74. The SMILES string of the molecule is CCOc1ccccc1/C=C1/NC(=O)N(CC(=O)Nc2ccccc2F)C1=O. The summed E-state index contributed by atoms with van der Waals surface area (Å²) in [7, 11) is 0. The van der Waals surface area contributed by atoms with Gasteiger partial charge in [0.2, 0.25) is 5.91 Å². The zero-order chi connectivity index (χ0) is 20.1. The van der Waals surface area contributed by atoms with Crippen LogP contribution in [0.25, 0.3) is 6.08 Å². The molecule has 0 spiro atoms. The van der Waals surface area contributed by atoms with Crippen LogP contribution in [0.4, 0.5) is 14.9 Å². The predicted octanol–water partition coefficient (Wildman–Crippen LogP) is 2.76. The number of urea groups is 1. The van der Waals surface area contributed by atoms with Crippen LogP contribution in [0.3, 0.4) is 0 Å². The van der Waals surface area contributed by atoms with Gasteiger partial charge in [-0.3, -0.25) is 9.59 Å². The first-order valence-corrected chi connectivity index (χ1v) is 8.60. The number of imide groups is 1. The molecule has 0 saturated carbocycles. The van der Waals surface area contributed by atoms with E-state index >= 15 is 0 Å². The van der Waals surface area contributed by atoms with Crippen molar-refractivity contribution in [3.8, 4) is 5.75 Å². The Morgan fingerprint density at radius 1 is 1.18 bits per heavy atom. The number of hydrogen-bond acceptors (Lipinski definition) is 4. The second-order valence-electron chi connectivity index (χ2n) is 5.88. The van der Waals surface area contributed by atoms with E-state index in [2.05, 4.69) is 10.6 Å². The molecule has 0 atom stereocenters. The van der Waals surface area contributed by atoms with Crippen molar-refractivity contribution >= 4 is 29.6 Å². The fourth-order valence-corrected chi connectivity index (χ4v) is 2.65. The largest absolute Gasteiger partial charge is 0.493 e. The molecule has 1 aliphatic heterocycles. The molecule has 28 heavy (non-hydrogen) atoms. The Labute approximate surface area is 160 Å². The lowest BCUT2D eigenvalue weighted by atomic mass is 10.1. The number of nitrogens with one attached hydrogen (secondary N) is 2. The highest BCUT2D eigenvalue weighted by Gasteiger charge is 2.35. The lowest BCUT2D eigenvalue weighted by Crippen LogP contribution is -2.38. The standard InChI is InChI=1S/C20H18FN3O4/c1-2-28-17-10-6-3-7-13(17)11-16-19(26)24(20(27)23-16)12-18(25)22-15-9-5-4-8-14(15)21/h3-11H,2,12H2,1H3,(H,22,25)(H,23,27)/b16-11+. The van der Waals surface area contributed by atoms with Gasteiger partial charge in [0.1, 0.15) is 23.8 Å². The maximum Gasteiger partial charge on any atom is 0.329 e. The molecule has 1 aliphatic rings. The van der Waals surface area contributed by atoms with E-state index in [1.807, 2.05) is 6.92 Å². The van der Waals surface area contributed by atoms with Crippen molar-refractivity contribution in [2.75, 3.05) is 18.5 Å². The molecule has 0 aliphatic carbocycles. The topological polar surface area (TPSA) is 87.7 Å². The Morgan fingerprint density at radius 3 is 2.64 bits per heavy atom. The first-order valence-electron chi connectivity index (χ1n) is 8.60. The van der Waals surface area contributed by atoms with E-state index in [4.69, 9.17) is 4.74 Å². The summed E-state index contributed by atoms with van der Waals surface area (Å²) >= 11 is 0. The average Bonchev–Trinajstić information content (AvgIpc) is 2.93. The lowest BCUT2D eigenvalue weighted by molar-refractivity contribution is -0.127. The molecular weight excluding hydrogens is 365 g/mol. The highest BCUT2D eigenvalue weighted by atomic mass is 19.1. The molecule has 0 bridgehead atoms. The van der Waals surface area contributed by atoms with Gasteiger partial charge < -0.3 is 15.4 Å². The Hall–Kier alpha value is -3.68. The Kier molecular flexibility index (Phi) is 5.69. The first kappa shape index (κ1) is 19.1. The summed E-state index contributed by atoms with van der Waals surface area (Å²) in [5.74, 6) is -1.39. The van der Waals surface area contributed by atoms with Gasteiger partial charge in [0.25, 0.3) is 5.91 Å². The van der Waals surface area contributed by atoms with Crippen molar-refractivity contribution in [3.63, 3.8) is 0 Å². The third-order valence-electron chi connectivity index (χ3n) is 3.93. The molecule has 0 aromatic heterocycles. The van der Waals surface area contributed by atoms with Crippen LogP contribution in [0.5, 0.6) is 5.75 Å². The molecule has 2 aromatic carbocycles. The Morgan fingerprint density at radius 2 is 1.89 bits per heavy atom. The zero-order valence-electron chi connectivity index (χ0n) is 15.1. The fourth-order valence-electron chi connectivity index (χ4n) is 2.65. The average molecular weight is 383 g/mol. The van der Waals surface area contributed by atoms with Gasteiger partial charge in [-0.25, -0.2) is 14.1 Å². The van der Waals surface area contributed by atoms with Crippen LogP contribution in [0.2, 0.25) is 0 Å². The molecule has 1 heterocycles. The van der Waals surface area contributed by atoms with E-state index in [0.29, 0.717) is 17.9 Å². The molecule has 4 amide bonds. The molecule has 7 nitrogen and oxygen atoms in total. The number of benzene rings is 2. The third kappa shape index (κ3) is 4.17. The number of nitrogens with zero attached hydrogens (tertiary/aromatic N) is 1. The minimum atomic E-state index is -0.728. The Balaban J connectivity index is 1.73. The van der Waals surface area contributed by atoms with Gasteiger partial charge in [-0.15, -0.1) is 0 Å². The molecule has 144 valence electrons. The number of rotatable bonds is 6. The van der Waals surface area contributed by atoms with Gasteiger partial charge >= 0.3 is 6.03 Å². The predicted molar refractivity (Wildman–Crippen MR) is 101 cm³/mol. The monoisotopic (exact) mass is 383 g/mol. The summed E-state index contributed by atoms with van der Waals surface area (Å²) in [4.78, 5) is 37.5. The number of amides is 4. The fraction of sp³-hybridized carbons (Fsp3) is 0.150. The highest BCUT2D eigenvalue weighted by molar-refractivity contribution is 6.16. The van der Waals surface area contributed by atoms with Crippen LogP contribution in [0.15, 0.2) is 54.2 Å². The van der Waals surface area contributed by atoms with Crippen molar-refractivity contribution in [3.05, 3.63) is 65.6 Å².